The van der Waals surface area contributed by atoms with Crippen LogP contribution in [0.5, 0.6) is 0 Å². The molecular formula is C10H13NO3. The molecule has 4 nitrogen and oxygen atoms in total. The second-order valence-corrected chi connectivity index (χ2v) is 3.60. The Labute approximate surface area is 82.2 Å². The number of Topliss-reactive ketones (excluding diaryl/α,β-unsaturated/α-hetero) is 1. The van der Waals surface area contributed by atoms with E-state index in [1.807, 2.05) is 6.92 Å². The summed E-state index contributed by atoms with van der Waals surface area (Å²) in [5.41, 5.74) is 0.742. The van der Waals surface area contributed by atoms with Crippen molar-refractivity contribution in [2.75, 3.05) is 6.61 Å². The first-order chi connectivity index (χ1) is 6.68. The first-order valence-electron chi connectivity index (χ1n) is 4.79. The number of carbonyl (C=O) groups excluding carboxylic acids is 1. The van der Waals surface area contributed by atoms with E-state index in [9.17, 15) is 4.79 Å². The lowest BCUT2D eigenvalue weighted by Crippen LogP contribution is -2.40. The average molecular weight is 195 g/mol. The van der Waals surface area contributed by atoms with Crippen LogP contribution in [-0.4, -0.2) is 17.5 Å². The number of aromatic nitrogens is 1. The molecule has 0 bridgehead atoms. The maximum Gasteiger partial charge on any atom is 0.170 e. The van der Waals surface area contributed by atoms with Crippen LogP contribution < -0.4 is 0 Å². The van der Waals surface area contributed by atoms with Crippen LogP contribution in [-0.2, 0) is 21.6 Å². The fourth-order valence-electron chi connectivity index (χ4n) is 1.81. The van der Waals surface area contributed by atoms with Gasteiger partial charge in [-0.3, -0.25) is 4.79 Å². The molecule has 0 spiro atoms. The number of ether oxygens (including phenoxy) is 1. The molecule has 76 valence electrons. The van der Waals surface area contributed by atoms with E-state index in [1.165, 1.54) is 0 Å². The lowest BCUT2D eigenvalue weighted by molar-refractivity contribution is -0.146. The maximum atomic E-state index is 11.7. The molecule has 0 aromatic carbocycles. The second-order valence-electron chi connectivity index (χ2n) is 3.60. The molecule has 0 aliphatic carbocycles. The predicted octanol–water partition coefficient (Wildman–Crippen LogP) is 1.44. The lowest BCUT2D eigenvalue weighted by atomic mass is 9.89. The van der Waals surface area contributed by atoms with Crippen molar-refractivity contribution in [1.29, 1.82) is 0 Å². The SMILES string of the molecule is CCC(=O)C1(C)OCCc2conc21. The van der Waals surface area contributed by atoms with Crippen LogP contribution in [0.3, 0.4) is 0 Å². The van der Waals surface area contributed by atoms with Gasteiger partial charge in [0, 0.05) is 18.4 Å². The maximum absolute atomic E-state index is 11.7. The molecule has 2 heterocycles. The van der Waals surface area contributed by atoms with Crippen molar-refractivity contribution in [1.82, 2.24) is 5.16 Å². The van der Waals surface area contributed by atoms with Crippen molar-refractivity contribution in [2.45, 2.75) is 32.3 Å². The molecule has 0 fully saturated rings. The molecule has 1 aromatic rings. The molecule has 14 heavy (non-hydrogen) atoms. The molecule has 1 aromatic heterocycles. The third-order valence-electron chi connectivity index (χ3n) is 2.71. The minimum Gasteiger partial charge on any atom is -0.364 e. The Morgan fingerprint density at radius 3 is 3.21 bits per heavy atom. The van der Waals surface area contributed by atoms with E-state index < -0.39 is 5.60 Å². The number of ketones is 1. The van der Waals surface area contributed by atoms with Gasteiger partial charge in [0.25, 0.3) is 0 Å². The molecule has 1 atom stereocenters. The van der Waals surface area contributed by atoms with Gasteiger partial charge in [-0.15, -0.1) is 0 Å². The van der Waals surface area contributed by atoms with Crippen LogP contribution in [0.4, 0.5) is 0 Å². The van der Waals surface area contributed by atoms with Gasteiger partial charge in [-0.25, -0.2) is 0 Å². The first-order valence-corrected chi connectivity index (χ1v) is 4.79. The molecule has 4 heteroatoms. The van der Waals surface area contributed by atoms with Gasteiger partial charge in [-0.2, -0.15) is 0 Å². The molecule has 0 radical (unpaired) electrons. The zero-order valence-electron chi connectivity index (χ0n) is 8.37. The van der Waals surface area contributed by atoms with Crippen molar-refractivity contribution in [3.8, 4) is 0 Å². The van der Waals surface area contributed by atoms with E-state index in [2.05, 4.69) is 5.16 Å². The minimum absolute atomic E-state index is 0.0485. The summed E-state index contributed by atoms with van der Waals surface area (Å²) in [7, 11) is 0. The fourth-order valence-corrected chi connectivity index (χ4v) is 1.81. The largest absolute Gasteiger partial charge is 0.364 e. The molecule has 2 rings (SSSR count). The molecule has 1 unspecified atom stereocenters. The van der Waals surface area contributed by atoms with Gasteiger partial charge in [0.05, 0.1) is 6.61 Å². The third-order valence-corrected chi connectivity index (χ3v) is 2.71. The van der Waals surface area contributed by atoms with Crippen molar-refractivity contribution in [3.05, 3.63) is 17.5 Å². The van der Waals surface area contributed by atoms with E-state index in [-0.39, 0.29) is 5.78 Å². The average Bonchev–Trinajstić information content (AvgIpc) is 2.66. The van der Waals surface area contributed by atoms with Gasteiger partial charge >= 0.3 is 0 Å². The van der Waals surface area contributed by atoms with Gasteiger partial charge in [-0.05, 0) is 6.92 Å². The van der Waals surface area contributed by atoms with Crippen LogP contribution >= 0.6 is 0 Å². The Hall–Kier alpha value is -1.16. The Morgan fingerprint density at radius 1 is 1.71 bits per heavy atom. The van der Waals surface area contributed by atoms with Crippen molar-refractivity contribution in [3.63, 3.8) is 0 Å². The topological polar surface area (TPSA) is 52.3 Å². The molecule has 1 aliphatic heterocycles. The van der Waals surface area contributed by atoms with Crippen LogP contribution in [0.2, 0.25) is 0 Å². The summed E-state index contributed by atoms with van der Waals surface area (Å²) in [6, 6.07) is 0. The Morgan fingerprint density at radius 2 is 2.50 bits per heavy atom. The zero-order valence-corrected chi connectivity index (χ0v) is 8.37. The number of hydrogen-bond donors (Lipinski definition) is 0. The van der Waals surface area contributed by atoms with E-state index >= 15 is 0 Å². The number of fused-ring (bicyclic) bond motifs is 1. The normalized spacial score (nSPS) is 25.9. The minimum atomic E-state index is -0.894. The van der Waals surface area contributed by atoms with Gasteiger partial charge in [-0.1, -0.05) is 12.1 Å². The Bertz CT molecular complexity index is 358. The molecule has 0 saturated carbocycles. The summed E-state index contributed by atoms with van der Waals surface area (Å²) in [5, 5.41) is 3.86. The quantitative estimate of drug-likeness (QED) is 0.716. The van der Waals surface area contributed by atoms with E-state index in [1.54, 1.807) is 13.2 Å². The predicted molar refractivity (Wildman–Crippen MR) is 48.8 cm³/mol. The monoisotopic (exact) mass is 195 g/mol. The smallest absolute Gasteiger partial charge is 0.170 e. The van der Waals surface area contributed by atoms with Crippen molar-refractivity contribution in [2.24, 2.45) is 0 Å². The lowest BCUT2D eigenvalue weighted by Gasteiger charge is -2.30. The van der Waals surface area contributed by atoms with Gasteiger partial charge in [0.15, 0.2) is 11.4 Å². The summed E-state index contributed by atoms with van der Waals surface area (Å²) in [5.74, 6) is 0.0485. The molecule has 0 amide bonds. The van der Waals surface area contributed by atoms with Gasteiger partial charge in [0.2, 0.25) is 0 Å². The summed E-state index contributed by atoms with van der Waals surface area (Å²) < 4.78 is 10.4. The van der Waals surface area contributed by atoms with E-state index in [4.69, 9.17) is 9.26 Å². The summed E-state index contributed by atoms with van der Waals surface area (Å²) in [6.07, 6.45) is 2.81. The second kappa shape index (κ2) is 3.20. The highest BCUT2D eigenvalue weighted by molar-refractivity contribution is 5.88. The molecular weight excluding hydrogens is 182 g/mol. The molecule has 0 N–H and O–H groups in total. The van der Waals surface area contributed by atoms with Crippen LogP contribution in [0.1, 0.15) is 31.5 Å². The van der Waals surface area contributed by atoms with Crippen LogP contribution in [0.15, 0.2) is 10.8 Å². The Balaban J connectivity index is 2.44. The first kappa shape index (κ1) is 9.40. The number of hydrogen-bond acceptors (Lipinski definition) is 4. The van der Waals surface area contributed by atoms with Gasteiger partial charge < -0.3 is 9.26 Å². The standard InChI is InChI=1S/C10H13NO3/c1-3-8(12)10(2)9-7(4-5-13-10)6-14-11-9/h6H,3-5H2,1-2H3. The summed E-state index contributed by atoms with van der Waals surface area (Å²) >= 11 is 0. The van der Waals surface area contributed by atoms with Crippen LogP contribution in [0.25, 0.3) is 0 Å². The van der Waals surface area contributed by atoms with Crippen molar-refractivity contribution >= 4 is 5.78 Å². The molecule has 1 aliphatic rings. The summed E-state index contributed by atoms with van der Waals surface area (Å²) in [6.45, 7) is 4.14. The third kappa shape index (κ3) is 1.18. The Kier molecular flexibility index (Phi) is 2.15. The van der Waals surface area contributed by atoms with E-state index in [0.29, 0.717) is 18.7 Å². The number of rotatable bonds is 2. The summed E-state index contributed by atoms with van der Waals surface area (Å²) in [4.78, 5) is 11.7. The molecule has 0 saturated heterocycles. The van der Waals surface area contributed by atoms with Gasteiger partial charge in [0.1, 0.15) is 12.0 Å². The van der Waals surface area contributed by atoms with Crippen LogP contribution in [0, 0.1) is 0 Å². The highest BCUT2D eigenvalue weighted by Gasteiger charge is 2.42. The fraction of sp³-hybridized carbons (Fsp3) is 0.600. The number of carbonyl (C=O) groups is 1. The highest BCUT2D eigenvalue weighted by atomic mass is 16.5. The highest BCUT2D eigenvalue weighted by Crippen LogP contribution is 2.33. The zero-order chi connectivity index (χ0) is 10.2. The van der Waals surface area contributed by atoms with Crippen molar-refractivity contribution < 1.29 is 14.1 Å². The number of nitrogens with zero attached hydrogens (tertiary/aromatic N) is 1. The van der Waals surface area contributed by atoms with E-state index in [0.717, 1.165) is 12.0 Å².